The molecule has 0 amide bonds. The molecule has 0 bridgehead atoms. The fourth-order valence-corrected chi connectivity index (χ4v) is 6.16. The first kappa shape index (κ1) is 21.0. The van der Waals surface area contributed by atoms with Crippen LogP contribution >= 0.6 is 23.5 Å². The van der Waals surface area contributed by atoms with Crippen LogP contribution in [0.3, 0.4) is 0 Å². The van der Waals surface area contributed by atoms with E-state index in [-0.39, 0.29) is 12.1 Å². The quantitative estimate of drug-likeness (QED) is 0.475. The third-order valence-corrected chi connectivity index (χ3v) is 7.77. The molecule has 0 spiro atoms. The molecule has 0 N–H and O–H groups in total. The first-order valence-corrected chi connectivity index (χ1v) is 12.0. The van der Waals surface area contributed by atoms with Crippen molar-refractivity contribution in [2.24, 2.45) is 0 Å². The molecule has 0 saturated carbocycles. The number of hydrogen-bond donors (Lipinski definition) is 0. The van der Waals surface area contributed by atoms with Gasteiger partial charge in [0.2, 0.25) is 0 Å². The van der Waals surface area contributed by atoms with Gasteiger partial charge in [0.05, 0.1) is 29.2 Å². The second-order valence-corrected chi connectivity index (χ2v) is 9.96. The number of allylic oxidation sites excluding steroid dienone is 4. The van der Waals surface area contributed by atoms with Gasteiger partial charge in [-0.3, -0.25) is 0 Å². The molecule has 0 aromatic heterocycles. The lowest BCUT2D eigenvalue weighted by Crippen LogP contribution is -2.48. The minimum Gasteiger partial charge on any atom is -0.341 e. The van der Waals surface area contributed by atoms with Crippen molar-refractivity contribution in [3.63, 3.8) is 0 Å². The normalized spacial score (nSPS) is 18.1. The van der Waals surface area contributed by atoms with Gasteiger partial charge in [0.1, 0.15) is 0 Å². The molecule has 154 valence electrons. The second-order valence-electron chi connectivity index (χ2n) is 7.59. The summed E-state index contributed by atoms with van der Waals surface area (Å²) in [4.78, 5) is 10.1. The van der Waals surface area contributed by atoms with Crippen LogP contribution in [0.25, 0.3) is 0 Å². The SMILES string of the molecule is C=CC1=C(C=CC)Sc2ccccc2N1C(C)C(C)N1C=C(C)Sc2ccccc21. The summed E-state index contributed by atoms with van der Waals surface area (Å²) < 4.78 is 0. The molecule has 0 aliphatic carbocycles. The van der Waals surface area contributed by atoms with E-state index in [0.717, 1.165) is 0 Å². The predicted octanol–water partition coefficient (Wildman–Crippen LogP) is 7.82. The standard InChI is InChI=1S/C26H28N2S2/c1-6-12-24-21(7-2)28(23-14-9-11-16-26(23)30-24)20(5)19(4)27-17-18(3)29-25-15-10-8-13-22(25)27/h6-17,19-20H,2H2,1,3-5H3. The minimum atomic E-state index is 0.237. The predicted molar refractivity (Wildman–Crippen MR) is 134 cm³/mol. The number of para-hydroxylation sites is 2. The Balaban J connectivity index is 1.78. The highest BCUT2D eigenvalue weighted by Crippen LogP contribution is 2.47. The third kappa shape index (κ3) is 3.75. The number of rotatable bonds is 5. The van der Waals surface area contributed by atoms with Crippen LogP contribution in [0.1, 0.15) is 27.7 Å². The highest BCUT2D eigenvalue weighted by atomic mass is 32.2. The number of nitrogens with zero attached hydrogens (tertiary/aromatic N) is 2. The Bertz CT molecular complexity index is 1050. The maximum Gasteiger partial charge on any atom is 0.0556 e. The average Bonchev–Trinajstić information content (AvgIpc) is 2.76. The molecule has 2 heterocycles. The van der Waals surface area contributed by atoms with E-state index < -0.39 is 0 Å². The highest BCUT2D eigenvalue weighted by molar-refractivity contribution is 8.03. The molecule has 4 rings (SSSR count). The number of fused-ring (bicyclic) bond motifs is 2. The highest BCUT2D eigenvalue weighted by Gasteiger charge is 2.33. The van der Waals surface area contributed by atoms with Crippen LogP contribution in [0.5, 0.6) is 0 Å². The third-order valence-electron chi connectivity index (χ3n) is 5.65. The van der Waals surface area contributed by atoms with Gasteiger partial charge in [0.15, 0.2) is 0 Å². The number of hydrogen-bond acceptors (Lipinski definition) is 4. The Morgan fingerprint density at radius 1 is 0.900 bits per heavy atom. The van der Waals surface area contributed by atoms with Crippen molar-refractivity contribution in [3.8, 4) is 0 Å². The molecule has 2 nitrogen and oxygen atoms in total. The van der Waals surface area contributed by atoms with Crippen LogP contribution in [0.2, 0.25) is 0 Å². The van der Waals surface area contributed by atoms with E-state index in [1.807, 2.05) is 29.6 Å². The van der Waals surface area contributed by atoms with Crippen LogP contribution in [0.4, 0.5) is 11.4 Å². The van der Waals surface area contributed by atoms with Crippen molar-refractivity contribution in [1.29, 1.82) is 0 Å². The second kappa shape index (κ2) is 8.83. The Morgan fingerprint density at radius 3 is 2.20 bits per heavy atom. The molecule has 2 unspecified atom stereocenters. The summed E-state index contributed by atoms with van der Waals surface area (Å²) in [6.07, 6.45) is 8.60. The lowest BCUT2D eigenvalue weighted by atomic mass is 10.0. The van der Waals surface area contributed by atoms with Crippen molar-refractivity contribution in [2.75, 3.05) is 9.80 Å². The molecule has 2 aliphatic heterocycles. The van der Waals surface area contributed by atoms with E-state index in [1.54, 1.807) is 0 Å². The van der Waals surface area contributed by atoms with Gasteiger partial charge in [-0.25, -0.2) is 0 Å². The van der Waals surface area contributed by atoms with E-state index in [4.69, 9.17) is 0 Å². The topological polar surface area (TPSA) is 6.48 Å². The van der Waals surface area contributed by atoms with E-state index >= 15 is 0 Å². The fourth-order valence-electron chi connectivity index (χ4n) is 4.08. The van der Waals surface area contributed by atoms with Crippen molar-refractivity contribution in [2.45, 2.75) is 49.6 Å². The zero-order valence-corrected chi connectivity index (χ0v) is 19.6. The number of anilines is 2. The molecule has 0 saturated heterocycles. The Labute approximate surface area is 189 Å². The summed E-state index contributed by atoms with van der Waals surface area (Å²) in [6, 6.07) is 17.9. The number of thioether (sulfide) groups is 2. The summed E-state index contributed by atoms with van der Waals surface area (Å²) in [6.45, 7) is 13.1. The Kier molecular flexibility index (Phi) is 6.16. The molecule has 0 radical (unpaired) electrons. The summed E-state index contributed by atoms with van der Waals surface area (Å²) in [5, 5.41) is 0. The molecule has 2 aromatic rings. The summed E-state index contributed by atoms with van der Waals surface area (Å²) >= 11 is 3.67. The summed E-state index contributed by atoms with van der Waals surface area (Å²) in [7, 11) is 0. The van der Waals surface area contributed by atoms with Crippen LogP contribution < -0.4 is 9.80 Å². The summed E-state index contributed by atoms with van der Waals surface area (Å²) in [5.41, 5.74) is 3.71. The Morgan fingerprint density at radius 2 is 1.53 bits per heavy atom. The molecule has 30 heavy (non-hydrogen) atoms. The van der Waals surface area contributed by atoms with E-state index in [1.165, 1.54) is 36.7 Å². The molecular weight excluding hydrogens is 404 g/mol. The zero-order valence-electron chi connectivity index (χ0n) is 18.0. The van der Waals surface area contributed by atoms with Crippen LogP contribution in [0, 0.1) is 0 Å². The first-order chi connectivity index (χ1) is 14.5. The lowest BCUT2D eigenvalue weighted by molar-refractivity contribution is 0.558. The van der Waals surface area contributed by atoms with E-state index in [2.05, 4.69) is 111 Å². The molecule has 2 atom stereocenters. The number of benzene rings is 2. The Hall–Kier alpha value is -2.30. The van der Waals surface area contributed by atoms with Gasteiger partial charge in [0, 0.05) is 25.8 Å². The lowest BCUT2D eigenvalue weighted by Gasteiger charge is -2.44. The molecular formula is C26H28N2S2. The fraction of sp³-hybridized carbons (Fsp3) is 0.231. The van der Waals surface area contributed by atoms with Gasteiger partial charge in [0.25, 0.3) is 0 Å². The molecule has 2 aliphatic rings. The molecule has 4 heteroatoms. The van der Waals surface area contributed by atoms with E-state index in [9.17, 15) is 0 Å². The largest absolute Gasteiger partial charge is 0.341 e. The van der Waals surface area contributed by atoms with Gasteiger partial charge in [-0.05, 0) is 58.0 Å². The van der Waals surface area contributed by atoms with Gasteiger partial charge in [-0.1, -0.05) is 66.5 Å². The molecule has 0 fully saturated rings. The van der Waals surface area contributed by atoms with Crippen LogP contribution in [-0.4, -0.2) is 12.1 Å². The monoisotopic (exact) mass is 432 g/mol. The molecule has 2 aromatic carbocycles. The average molecular weight is 433 g/mol. The van der Waals surface area contributed by atoms with Gasteiger partial charge in [-0.15, -0.1) is 0 Å². The zero-order chi connectivity index (χ0) is 21.3. The smallest absolute Gasteiger partial charge is 0.0556 e. The van der Waals surface area contributed by atoms with Crippen molar-refractivity contribution >= 4 is 34.9 Å². The maximum absolute atomic E-state index is 4.17. The van der Waals surface area contributed by atoms with Crippen molar-refractivity contribution in [3.05, 3.63) is 95.0 Å². The van der Waals surface area contributed by atoms with Gasteiger partial charge in [-0.2, -0.15) is 0 Å². The van der Waals surface area contributed by atoms with E-state index in [0.29, 0.717) is 0 Å². The van der Waals surface area contributed by atoms with Crippen molar-refractivity contribution < 1.29 is 0 Å². The van der Waals surface area contributed by atoms with Crippen LogP contribution in [0.15, 0.2) is 105 Å². The maximum atomic E-state index is 4.17. The van der Waals surface area contributed by atoms with Gasteiger partial charge >= 0.3 is 0 Å². The first-order valence-electron chi connectivity index (χ1n) is 10.3. The van der Waals surface area contributed by atoms with Crippen molar-refractivity contribution in [1.82, 2.24) is 0 Å². The minimum absolute atomic E-state index is 0.237. The van der Waals surface area contributed by atoms with Crippen LogP contribution in [-0.2, 0) is 0 Å². The van der Waals surface area contributed by atoms with Gasteiger partial charge < -0.3 is 9.80 Å². The summed E-state index contributed by atoms with van der Waals surface area (Å²) in [5.74, 6) is 0.